The van der Waals surface area contributed by atoms with Gasteiger partial charge in [-0.25, -0.2) is 13.2 Å². The van der Waals surface area contributed by atoms with Gasteiger partial charge in [0.15, 0.2) is 0 Å². The Kier molecular flexibility index (Phi) is 5.90. The molecule has 0 radical (unpaired) electrons. The molecule has 8 nitrogen and oxygen atoms in total. The highest BCUT2D eigenvalue weighted by Gasteiger charge is 2.31. The molecule has 1 aliphatic rings. The van der Waals surface area contributed by atoms with Gasteiger partial charge in [-0.05, 0) is 47.7 Å². The number of hydrogen-bond acceptors (Lipinski definition) is 7. The zero-order valence-corrected chi connectivity index (χ0v) is 19.0. The number of nitrogens with zero attached hydrogens (tertiary/aromatic N) is 1. The van der Waals surface area contributed by atoms with Gasteiger partial charge in [-0.15, -0.1) is 11.3 Å². The topological polar surface area (TPSA) is 102 Å². The summed E-state index contributed by atoms with van der Waals surface area (Å²) in [7, 11) is -1.25. The average Bonchev–Trinajstić information content (AvgIpc) is 3.45. The number of para-hydroxylation sites is 1. The lowest BCUT2D eigenvalue weighted by Gasteiger charge is -2.20. The van der Waals surface area contributed by atoms with Gasteiger partial charge in [0.25, 0.3) is 15.9 Å². The highest BCUT2D eigenvalue weighted by Crippen LogP contribution is 2.34. The van der Waals surface area contributed by atoms with Crippen molar-refractivity contribution in [3.63, 3.8) is 0 Å². The highest BCUT2D eigenvalue weighted by atomic mass is 32.2. The van der Waals surface area contributed by atoms with E-state index in [1.807, 2.05) is 12.1 Å². The Morgan fingerprint density at radius 3 is 2.59 bits per heavy atom. The van der Waals surface area contributed by atoms with Crippen LogP contribution in [0.15, 0.2) is 58.8 Å². The van der Waals surface area contributed by atoms with E-state index in [1.165, 1.54) is 42.8 Å². The van der Waals surface area contributed by atoms with Gasteiger partial charge in [0.05, 0.1) is 35.9 Å². The second kappa shape index (κ2) is 8.64. The van der Waals surface area contributed by atoms with Crippen LogP contribution in [-0.2, 0) is 21.2 Å². The first kappa shape index (κ1) is 21.8. The fourth-order valence-corrected chi connectivity index (χ4v) is 5.86. The lowest BCUT2D eigenvalue weighted by atomic mass is 10.2. The quantitative estimate of drug-likeness (QED) is 0.551. The van der Waals surface area contributed by atoms with Gasteiger partial charge >= 0.3 is 5.97 Å². The monoisotopic (exact) mass is 472 g/mol. The Labute approximate surface area is 189 Å². The molecule has 0 unspecified atom stereocenters. The molecule has 1 aromatic heterocycles. The first-order valence-corrected chi connectivity index (χ1v) is 11.9. The molecule has 4 rings (SSSR count). The van der Waals surface area contributed by atoms with Crippen LogP contribution in [0.2, 0.25) is 0 Å². The van der Waals surface area contributed by atoms with Crippen molar-refractivity contribution in [2.45, 2.75) is 11.3 Å². The first-order valence-electron chi connectivity index (χ1n) is 9.62. The van der Waals surface area contributed by atoms with Crippen molar-refractivity contribution >= 4 is 43.9 Å². The Balaban J connectivity index is 1.69. The van der Waals surface area contributed by atoms with Crippen molar-refractivity contribution in [1.82, 2.24) is 0 Å². The number of sulfonamides is 1. The van der Waals surface area contributed by atoms with Crippen LogP contribution in [0, 0.1) is 0 Å². The zero-order valence-electron chi connectivity index (χ0n) is 17.3. The van der Waals surface area contributed by atoms with Crippen molar-refractivity contribution in [2.24, 2.45) is 0 Å². The van der Waals surface area contributed by atoms with Crippen molar-refractivity contribution in [3.8, 4) is 5.75 Å². The molecule has 0 aliphatic carbocycles. The molecule has 10 heteroatoms. The number of carbonyl (C=O) groups is 2. The van der Waals surface area contributed by atoms with E-state index in [9.17, 15) is 18.0 Å². The minimum atomic E-state index is -3.89. The third-order valence-electron chi connectivity index (χ3n) is 5.15. The third kappa shape index (κ3) is 3.82. The standard InChI is InChI=1S/C22H20N2O6S2/c1-29-19-8-7-15(32(27,28)24-11-9-14-5-3-4-6-18(14)24)13-17(19)20(25)23-21-16(10-12-31-21)22(26)30-2/h3-8,10,12-13H,9,11H2,1-2H3,(H,23,25). The summed E-state index contributed by atoms with van der Waals surface area (Å²) in [5.74, 6) is -0.981. The number of hydrogen-bond donors (Lipinski definition) is 1. The summed E-state index contributed by atoms with van der Waals surface area (Å²) < 4.78 is 38.1. The Morgan fingerprint density at radius 2 is 1.84 bits per heavy atom. The molecular formula is C22H20N2O6S2. The normalized spacial score (nSPS) is 12.9. The molecule has 1 N–H and O–H groups in total. The molecule has 1 aliphatic heterocycles. The molecule has 3 aromatic rings. The predicted molar refractivity (Wildman–Crippen MR) is 121 cm³/mol. The smallest absolute Gasteiger partial charge is 0.340 e. The molecule has 0 spiro atoms. The van der Waals surface area contributed by atoms with Crippen LogP contribution >= 0.6 is 11.3 Å². The van der Waals surface area contributed by atoms with Gasteiger partial charge in [-0.1, -0.05) is 18.2 Å². The van der Waals surface area contributed by atoms with Crippen LogP contribution in [0.1, 0.15) is 26.3 Å². The second-order valence-electron chi connectivity index (χ2n) is 6.93. The van der Waals surface area contributed by atoms with E-state index in [4.69, 9.17) is 9.47 Å². The second-order valence-corrected chi connectivity index (χ2v) is 9.71. The Hall–Kier alpha value is -3.37. The van der Waals surface area contributed by atoms with Gasteiger partial charge in [0, 0.05) is 6.54 Å². The molecular weight excluding hydrogens is 452 g/mol. The number of ether oxygens (including phenoxy) is 2. The molecule has 0 bridgehead atoms. The maximum absolute atomic E-state index is 13.4. The van der Waals surface area contributed by atoms with Crippen molar-refractivity contribution in [1.29, 1.82) is 0 Å². The van der Waals surface area contributed by atoms with Crippen molar-refractivity contribution in [3.05, 3.63) is 70.6 Å². The summed E-state index contributed by atoms with van der Waals surface area (Å²) in [6.07, 6.45) is 0.619. The minimum absolute atomic E-state index is 0.0282. The van der Waals surface area contributed by atoms with Gasteiger partial charge in [0.1, 0.15) is 10.8 Å². The number of fused-ring (bicyclic) bond motifs is 1. The van der Waals surface area contributed by atoms with Crippen LogP contribution in [0.5, 0.6) is 5.75 Å². The lowest BCUT2D eigenvalue weighted by Crippen LogP contribution is -2.29. The Bertz CT molecular complexity index is 1300. The number of carbonyl (C=O) groups excluding carboxylic acids is 2. The summed E-state index contributed by atoms with van der Waals surface area (Å²) in [6, 6.07) is 13.0. The maximum atomic E-state index is 13.4. The number of rotatable bonds is 6. The molecule has 0 atom stereocenters. The molecule has 32 heavy (non-hydrogen) atoms. The van der Waals surface area contributed by atoms with E-state index in [2.05, 4.69) is 5.32 Å². The summed E-state index contributed by atoms with van der Waals surface area (Å²) in [4.78, 5) is 24.9. The molecule has 1 amide bonds. The zero-order chi connectivity index (χ0) is 22.9. The molecule has 0 saturated heterocycles. The van der Waals surface area contributed by atoms with E-state index in [1.54, 1.807) is 17.5 Å². The van der Waals surface area contributed by atoms with Crippen LogP contribution in [0.3, 0.4) is 0 Å². The van der Waals surface area contributed by atoms with Crippen LogP contribution in [0.25, 0.3) is 0 Å². The minimum Gasteiger partial charge on any atom is -0.496 e. The molecule has 0 saturated carbocycles. The lowest BCUT2D eigenvalue weighted by molar-refractivity contribution is 0.0602. The van der Waals surface area contributed by atoms with Crippen molar-refractivity contribution < 1.29 is 27.5 Å². The predicted octanol–water partition coefficient (Wildman–Crippen LogP) is 3.55. The fourth-order valence-electron chi connectivity index (χ4n) is 3.56. The Morgan fingerprint density at radius 1 is 1.06 bits per heavy atom. The number of benzene rings is 2. The van der Waals surface area contributed by atoms with Crippen LogP contribution < -0.4 is 14.4 Å². The number of amides is 1. The molecule has 2 heterocycles. The fraction of sp³-hybridized carbons (Fsp3) is 0.182. The van der Waals surface area contributed by atoms with E-state index in [0.29, 0.717) is 23.7 Å². The number of anilines is 2. The SMILES string of the molecule is COC(=O)c1ccsc1NC(=O)c1cc(S(=O)(=O)N2CCc3ccccc32)ccc1OC. The van der Waals surface area contributed by atoms with Gasteiger partial charge in [-0.2, -0.15) is 0 Å². The van der Waals surface area contributed by atoms with Crippen LogP contribution in [0.4, 0.5) is 10.7 Å². The summed E-state index contributed by atoms with van der Waals surface area (Å²) in [6.45, 7) is 0.326. The average molecular weight is 473 g/mol. The summed E-state index contributed by atoms with van der Waals surface area (Å²) in [5, 5.41) is 4.59. The van der Waals surface area contributed by atoms with Gasteiger partial charge in [0.2, 0.25) is 0 Å². The largest absolute Gasteiger partial charge is 0.496 e. The van der Waals surface area contributed by atoms with Crippen LogP contribution in [-0.4, -0.2) is 41.1 Å². The van der Waals surface area contributed by atoms with Gasteiger partial charge < -0.3 is 14.8 Å². The van der Waals surface area contributed by atoms with E-state index >= 15 is 0 Å². The number of nitrogens with one attached hydrogen (secondary N) is 1. The third-order valence-corrected chi connectivity index (χ3v) is 7.78. The maximum Gasteiger partial charge on any atom is 0.340 e. The van der Waals surface area contributed by atoms with E-state index in [-0.39, 0.29) is 21.8 Å². The summed E-state index contributed by atoms with van der Waals surface area (Å²) >= 11 is 1.15. The van der Waals surface area contributed by atoms with E-state index in [0.717, 1.165) is 16.9 Å². The number of esters is 1. The number of thiophene rings is 1. The molecule has 166 valence electrons. The highest BCUT2D eigenvalue weighted by molar-refractivity contribution is 7.92. The van der Waals surface area contributed by atoms with Crippen molar-refractivity contribution in [2.75, 3.05) is 30.4 Å². The molecule has 0 fully saturated rings. The molecule has 2 aromatic carbocycles. The van der Waals surface area contributed by atoms with E-state index < -0.39 is 21.9 Å². The first-order chi connectivity index (χ1) is 15.4. The van der Waals surface area contributed by atoms with Gasteiger partial charge in [-0.3, -0.25) is 9.10 Å². The number of methoxy groups -OCH3 is 2. The summed E-state index contributed by atoms with van der Waals surface area (Å²) in [5.41, 5.74) is 1.83.